The van der Waals surface area contributed by atoms with Crippen LogP contribution in [0.1, 0.15) is 10.4 Å². The average molecular weight is 472 g/mol. The van der Waals surface area contributed by atoms with Crippen LogP contribution < -0.4 is 19.5 Å². The Bertz CT molecular complexity index is 1070. The number of morpholine rings is 1. The van der Waals surface area contributed by atoms with Crippen LogP contribution in [0.2, 0.25) is 0 Å². The molecule has 2 aromatic rings. The van der Waals surface area contributed by atoms with Crippen molar-refractivity contribution in [2.75, 3.05) is 45.8 Å². The summed E-state index contributed by atoms with van der Waals surface area (Å²) in [5.74, 6) is -1.15. The number of anilines is 1. The van der Waals surface area contributed by atoms with Gasteiger partial charge in [-0.05, 0) is 30.3 Å². The molecule has 1 N–H and O–H groups in total. The molecule has 174 valence electrons. The Balaban J connectivity index is 1.95. The summed E-state index contributed by atoms with van der Waals surface area (Å²) in [5, 5.41) is 2.51. The van der Waals surface area contributed by atoms with Crippen molar-refractivity contribution in [1.29, 1.82) is 0 Å². The molecule has 0 radical (unpaired) electrons. The van der Waals surface area contributed by atoms with Gasteiger partial charge in [0.25, 0.3) is 5.91 Å². The Morgan fingerprint density at radius 2 is 1.78 bits per heavy atom. The summed E-state index contributed by atoms with van der Waals surface area (Å²) in [4.78, 5) is 12.8. The van der Waals surface area contributed by atoms with Gasteiger partial charge in [0.1, 0.15) is 5.75 Å². The number of nitrogens with one attached hydrogen (secondary N) is 1. The second-order valence-electron chi connectivity index (χ2n) is 6.55. The van der Waals surface area contributed by atoms with E-state index in [4.69, 9.17) is 14.2 Å². The van der Waals surface area contributed by atoms with E-state index in [0.717, 1.165) is 0 Å². The number of alkyl halides is 2. The highest BCUT2D eigenvalue weighted by molar-refractivity contribution is 7.89. The standard InChI is InChI=1S/C20H22F2N2O7S/c1-28-16-7-6-13(32(26,27)24-8-10-30-11-9-24)12-15(16)23-19(25)14-4-3-5-17(29-2)18(14)31-20(21)22/h3-7,12,20H,8-11H2,1-2H3,(H,23,25). The third-order valence-corrected chi connectivity index (χ3v) is 6.57. The zero-order valence-electron chi connectivity index (χ0n) is 17.3. The predicted molar refractivity (Wildman–Crippen MR) is 110 cm³/mol. The summed E-state index contributed by atoms with van der Waals surface area (Å²) in [6.45, 7) is -2.22. The number of hydrogen-bond acceptors (Lipinski definition) is 7. The van der Waals surface area contributed by atoms with Gasteiger partial charge in [-0.2, -0.15) is 13.1 Å². The maximum atomic E-state index is 13.0. The van der Waals surface area contributed by atoms with Gasteiger partial charge in [0.2, 0.25) is 10.0 Å². The first kappa shape index (κ1) is 23.7. The number of carbonyl (C=O) groups is 1. The fourth-order valence-electron chi connectivity index (χ4n) is 3.14. The summed E-state index contributed by atoms with van der Waals surface area (Å²) in [7, 11) is -1.25. The van der Waals surface area contributed by atoms with Gasteiger partial charge >= 0.3 is 6.61 Å². The number of amides is 1. The Kier molecular flexibility index (Phi) is 7.48. The summed E-state index contributed by atoms with van der Waals surface area (Å²) < 4.78 is 72.8. The first-order valence-electron chi connectivity index (χ1n) is 9.47. The highest BCUT2D eigenvalue weighted by Gasteiger charge is 2.28. The van der Waals surface area contributed by atoms with Gasteiger partial charge in [-0.15, -0.1) is 0 Å². The largest absolute Gasteiger partial charge is 0.495 e. The average Bonchev–Trinajstić information content (AvgIpc) is 2.79. The molecule has 0 atom stereocenters. The minimum absolute atomic E-state index is 0.0395. The van der Waals surface area contributed by atoms with Gasteiger partial charge in [-0.25, -0.2) is 8.42 Å². The Labute approximate surface area is 183 Å². The van der Waals surface area contributed by atoms with Crippen LogP contribution in [-0.2, 0) is 14.8 Å². The molecule has 0 aliphatic carbocycles. The lowest BCUT2D eigenvalue weighted by atomic mass is 10.1. The minimum Gasteiger partial charge on any atom is -0.495 e. The molecule has 1 amide bonds. The van der Waals surface area contributed by atoms with Crippen LogP contribution in [0.25, 0.3) is 0 Å². The van der Waals surface area contributed by atoms with E-state index in [1.165, 1.54) is 54.9 Å². The van der Waals surface area contributed by atoms with Crippen molar-refractivity contribution in [3.8, 4) is 17.2 Å². The minimum atomic E-state index is -3.84. The van der Waals surface area contributed by atoms with Crippen molar-refractivity contribution in [1.82, 2.24) is 4.31 Å². The molecule has 0 saturated carbocycles. The molecule has 1 heterocycles. The highest BCUT2D eigenvalue weighted by atomic mass is 32.2. The van der Waals surface area contributed by atoms with Crippen LogP contribution in [0.5, 0.6) is 17.2 Å². The molecule has 0 unspecified atom stereocenters. The number of sulfonamides is 1. The van der Waals surface area contributed by atoms with Crippen LogP contribution in [0.3, 0.4) is 0 Å². The van der Waals surface area contributed by atoms with E-state index >= 15 is 0 Å². The number of halogens is 2. The van der Waals surface area contributed by atoms with Gasteiger partial charge in [-0.1, -0.05) is 6.07 Å². The van der Waals surface area contributed by atoms with E-state index < -0.39 is 28.3 Å². The Hall–Kier alpha value is -2.96. The molecule has 1 aliphatic heterocycles. The summed E-state index contributed by atoms with van der Waals surface area (Å²) in [6, 6.07) is 8.07. The van der Waals surface area contributed by atoms with Gasteiger partial charge in [-0.3, -0.25) is 4.79 Å². The lowest BCUT2D eigenvalue weighted by Crippen LogP contribution is -2.40. The van der Waals surface area contributed by atoms with Crippen molar-refractivity contribution in [2.24, 2.45) is 0 Å². The van der Waals surface area contributed by atoms with Gasteiger partial charge in [0.05, 0.1) is 43.6 Å². The van der Waals surface area contributed by atoms with Crippen LogP contribution in [-0.4, -0.2) is 65.8 Å². The van der Waals surface area contributed by atoms with Crippen molar-refractivity contribution in [2.45, 2.75) is 11.5 Å². The number of methoxy groups -OCH3 is 2. The second kappa shape index (κ2) is 10.1. The molecule has 1 saturated heterocycles. The zero-order chi connectivity index (χ0) is 23.3. The van der Waals surface area contributed by atoms with Crippen molar-refractivity contribution >= 4 is 21.6 Å². The lowest BCUT2D eigenvalue weighted by Gasteiger charge is -2.26. The maximum absolute atomic E-state index is 13.0. The lowest BCUT2D eigenvalue weighted by molar-refractivity contribution is -0.0515. The first-order valence-corrected chi connectivity index (χ1v) is 10.9. The fraction of sp³-hybridized carbons (Fsp3) is 0.350. The van der Waals surface area contributed by atoms with E-state index in [1.807, 2.05) is 0 Å². The predicted octanol–water partition coefficient (Wildman–Crippen LogP) is 2.58. The number of benzene rings is 2. The molecular weight excluding hydrogens is 450 g/mol. The number of rotatable bonds is 8. The summed E-state index contributed by atoms with van der Waals surface area (Å²) in [6.07, 6.45) is 0. The van der Waals surface area contributed by atoms with Crippen LogP contribution in [0, 0.1) is 0 Å². The molecular formula is C20H22F2N2O7S. The summed E-state index contributed by atoms with van der Waals surface area (Å²) in [5.41, 5.74) is -0.189. The smallest absolute Gasteiger partial charge is 0.387 e. The Morgan fingerprint density at radius 3 is 2.41 bits per heavy atom. The fourth-order valence-corrected chi connectivity index (χ4v) is 4.57. The molecule has 0 bridgehead atoms. The zero-order valence-corrected chi connectivity index (χ0v) is 18.2. The highest BCUT2D eigenvalue weighted by Crippen LogP contribution is 2.34. The van der Waals surface area contributed by atoms with Gasteiger partial charge in [0, 0.05) is 13.1 Å². The van der Waals surface area contributed by atoms with Gasteiger partial charge < -0.3 is 24.3 Å². The van der Waals surface area contributed by atoms with Crippen LogP contribution >= 0.6 is 0 Å². The van der Waals surface area contributed by atoms with Gasteiger partial charge in [0.15, 0.2) is 11.5 Å². The number of nitrogens with zero attached hydrogens (tertiary/aromatic N) is 1. The molecule has 0 aromatic heterocycles. The number of para-hydroxylation sites is 1. The quantitative estimate of drug-likeness (QED) is 0.630. The normalized spacial score (nSPS) is 14.8. The molecule has 9 nitrogen and oxygen atoms in total. The van der Waals surface area contributed by atoms with Crippen LogP contribution in [0.4, 0.5) is 14.5 Å². The van der Waals surface area contributed by atoms with E-state index in [1.54, 1.807) is 0 Å². The van der Waals surface area contributed by atoms with E-state index in [0.29, 0.717) is 0 Å². The number of ether oxygens (including phenoxy) is 4. The van der Waals surface area contributed by atoms with Crippen LogP contribution in [0.15, 0.2) is 41.3 Å². The van der Waals surface area contributed by atoms with E-state index in [2.05, 4.69) is 10.1 Å². The third kappa shape index (κ3) is 5.09. The number of hydrogen-bond donors (Lipinski definition) is 1. The summed E-state index contributed by atoms with van der Waals surface area (Å²) >= 11 is 0. The first-order chi connectivity index (χ1) is 15.3. The maximum Gasteiger partial charge on any atom is 0.387 e. The molecule has 1 fully saturated rings. The van der Waals surface area contributed by atoms with Crippen molar-refractivity contribution in [3.05, 3.63) is 42.0 Å². The van der Waals surface area contributed by atoms with Crippen molar-refractivity contribution in [3.63, 3.8) is 0 Å². The Morgan fingerprint density at radius 1 is 1.09 bits per heavy atom. The molecule has 0 spiro atoms. The SMILES string of the molecule is COc1ccc(S(=O)(=O)N2CCOCC2)cc1NC(=O)c1cccc(OC)c1OC(F)F. The topological polar surface area (TPSA) is 103 Å². The third-order valence-electron chi connectivity index (χ3n) is 4.68. The molecule has 12 heteroatoms. The monoisotopic (exact) mass is 472 g/mol. The molecule has 32 heavy (non-hydrogen) atoms. The molecule has 1 aliphatic rings. The van der Waals surface area contributed by atoms with E-state index in [-0.39, 0.29) is 53.9 Å². The van der Waals surface area contributed by atoms with E-state index in [9.17, 15) is 22.0 Å². The molecule has 3 rings (SSSR count). The second-order valence-corrected chi connectivity index (χ2v) is 8.49. The van der Waals surface area contributed by atoms with Crippen molar-refractivity contribution < 1.29 is 40.9 Å². The number of carbonyl (C=O) groups excluding carboxylic acids is 1. The molecule has 2 aromatic carbocycles.